The van der Waals surface area contributed by atoms with Crippen LogP contribution in [0.25, 0.3) is 0 Å². The zero-order valence-electron chi connectivity index (χ0n) is 8.11. The number of aryl methyl sites for hydroxylation is 1. The van der Waals surface area contributed by atoms with Gasteiger partial charge in [-0.05, 0) is 30.0 Å². The molecule has 1 aromatic carbocycles. The predicted molar refractivity (Wildman–Crippen MR) is 59.6 cm³/mol. The molecule has 0 aromatic heterocycles. The summed E-state index contributed by atoms with van der Waals surface area (Å²) in [6.07, 6.45) is 1.46. The van der Waals surface area contributed by atoms with Gasteiger partial charge in [0.1, 0.15) is 5.50 Å². The van der Waals surface area contributed by atoms with E-state index >= 15 is 0 Å². The first-order valence-electron chi connectivity index (χ1n) is 4.76. The summed E-state index contributed by atoms with van der Waals surface area (Å²) >= 11 is 5.75. The number of halogens is 1. The molecule has 0 spiro atoms. The summed E-state index contributed by atoms with van der Waals surface area (Å²) < 4.78 is 23.4. The highest BCUT2D eigenvalue weighted by Crippen LogP contribution is 2.27. The van der Waals surface area contributed by atoms with Crippen molar-refractivity contribution in [1.82, 2.24) is 0 Å². The van der Waals surface area contributed by atoms with Crippen molar-refractivity contribution < 1.29 is 8.42 Å². The molecule has 1 aliphatic heterocycles. The van der Waals surface area contributed by atoms with Crippen LogP contribution in [0.3, 0.4) is 0 Å². The van der Waals surface area contributed by atoms with Crippen LogP contribution in [0.1, 0.15) is 23.0 Å². The van der Waals surface area contributed by atoms with E-state index in [1.807, 2.05) is 0 Å². The number of benzene rings is 1. The third-order valence-corrected chi connectivity index (χ3v) is 4.74. The second-order valence-electron chi connectivity index (χ2n) is 3.69. The van der Waals surface area contributed by atoms with Gasteiger partial charge in [-0.2, -0.15) is 0 Å². The molecule has 82 valence electrons. The second kappa shape index (κ2) is 3.77. The molecule has 0 radical (unpaired) electrons. The van der Waals surface area contributed by atoms with E-state index in [0.29, 0.717) is 11.3 Å². The quantitative estimate of drug-likeness (QED) is 0.604. The van der Waals surface area contributed by atoms with Gasteiger partial charge in [-0.15, -0.1) is 11.6 Å². The number of sulfone groups is 1. The lowest BCUT2D eigenvalue weighted by molar-refractivity contribution is 0.586. The summed E-state index contributed by atoms with van der Waals surface area (Å²) in [7, 11) is -3.07. The smallest absolute Gasteiger partial charge is 0.178 e. The van der Waals surface area contributed by atoms with Gasteiger partial charge in [0, 0.05) is 0 Å². The van der Waals surface area contributed by atoms with Crippen LogP contribution in [-0.2, 0) is 16.3 Å². The van der Waals surface area contributed by atoms with Crippen molar-refractivity contribution in [3.63, 3.8) is 0 Å². The first kappa shape index (κ1) is 10.9. The molecule has 1 heterocycles. The number of alkyl halides is 1. The Labute approximate surface area is 94.2 Å². The fraction of sp³-hybridized carbons (Fsp3) is 0.400. The Bertz CT molecular complexity index is 482. The molecule has 0 saturated heterocycles. The van der Waals surface area contributed by atoms with Crippen LogP contribution >= 0.6 is 11.6 Å². The van der Waals surface area contributed by atoms with Crippen molar-refractivity contribution in [3.8, 4) is 0 Å². The third kappa shape index (κ3) is 2.02. The van der Waals surface area contributed by atoms with E-state index in [2.05, 4.69) is 0 Å². The molecule has 0 amide bonds. The molecule has 0 fully saturated rings. The third-order valence-electron chi connectivity index (χ3n) is 2.60. The second-order valence-corrected chi connectivity index (χ2v) is 6.24. The number of hydrogen-bond acceptors (Lipinski definition) is 3. The summed E-state index contributed by atoms with van der Waals surface area (Å²) in [5.74, 6) is 0.242. The molecule has 0 saturated carbocycles. The summed E-state index contributed by atoms with van der Waals surface area (Å²) in [5, 5.41) is 0. The van der Waals surface area contributed by atoms with Gasteiger partial charge in [-0.25, -0.2) is 8.42 Å². The van der Waals surface area contributed by atoms with Crippen LogP contribution in [0.15, 0.2) is 23.1 Å². The maximum absolute atomic E-state index is 11.7. The molecule has 2 rings (SSSR count). The van der Waals surface area contributed by atoms with E-state index in [1.54, 1.807) is 18.2 Å². The average molecular weight is 246 g/mol. The number of nitrogens with two attached hydrogens (primary N) is 1. The Hall–Kier alpha value is -0.580. The SMILES string of the molecule is NC(Cl)c1ccc2c(c1)CCCS2(=O)=O. The highest BCUT2D eigenvalue weighted by atomic mass is 35.5. The van der Waals surface area contributed by atoms with Crippen LogP contribution in [0.4, 0.5) is 0 Å². The lowest BCUT2D eigenvalue weighted by Gasteiger charge is -2.17. The van der Waals surface area contributed by atoms with Gasteiger partial charge in [-0.1, -0.05) is 12.1 Å². The van der Waals surface area contributed by atoms with Crippen molar-refractivity contribution in [2.24, 2.45) is 5.73 Å². The normalized spacial score (nSPS) is 20.7. The van der Waals surface area contributed by atoms with Gasteiger partial charge in [0.2, 0.25) is 0 Å². The average Bonchev–Trinajstić information content (AvgIpc) is 2.16. The van der Waals surface area contributed by atoms with Crippen LogP contribution < -0.4 is 5.73 Å². The minimum Gasteiger partial charge on any atom is -0.312 e. The van der Waals surface area contributed by atoms with Crippen LogP contribution in [0.2, 0.25) is 0 Å². The molecule has 5 heteroatoms. The molecule has 1 unspecified atom stereocenters. The molecule has 1 aliphatic rings. The highest BCUT2D eigenvalue weighted by Gasteiger charge is 2.23. The van der Waals surface area contributed by atoms with Gasteiger partial charge in [0.05, 0.1) is 10.6 Å². The van der Waals surface area contributed by atoms with Gasteiger partial charge in [-0.3, -0.25) is 0 Å². The Kier molecular flexibility index (Phi) is 2.75. The Balaban J connectivity index is 2.55. The van der Waals surface area contributed by atoms with Crippen molar-refractivity contribution in [2.75, 3.05) is 5.75 Å². The minimum absolute atomic E-state index is 0.242. The minimum atomic E-state index is -3.07. The molecule has 1 atom stereocenters. The zero-order chi connectivity index (χ0) is 11.1. The summed E-state index contributed by atoms with van der Waals surface area (Å²) in [4.78, 5) is 0.440. The molecule has 2 N–H and O–H groups in total. The maximum Gasteiger partial charge on any atom is 0.178 e. The fourth-order valence-corrected chi connectivity index (χ4v) is 3.55. The fourth-order valence-electron chi connectivity index (χ4n) is 1.83. The number of hydrogen-bond donors (Lipinski definition) is 1. The maximum atomic E-state index is 11.7. The number of rotatable bonds is 1. The molecule has 0 aliphatic carbocycles. The van der Waals surface area contributed by atoms with Crippen molar-refractivity contribution in [2.45, 2.75) is 23.2 Å². The summed E-state index contributed by atoms with van der Waals surface area (Å²) in [5.41, 5.74) is 6.57. The standard InChI is InChI=1S/C10H12ClNO2S/c11-10(12)8-3-4-9-7(6-8)2-1-5-15(9,13)14/h3-4,6,10H,1-2,5,12H2. The van der Waals surface area contributed by atoms with Crippen molar-refractivity contribution >= 4 is 21.4 Å². The van der Waals surface area contributed by atoms with Crippen molar-refractivity contribution in [1.29, 1.82) is 0 Å². The van der Waals surface area contributed by atoms with Crippen LogP contribution in [0, 0.1) is 0 Å². The molecule has 1 aromatic rings. The Morgan fingerprint density at radius 2 is 2.13 bits per heavy atom. The van der Waals surface area contributed by atoms with Gasteiger partial charge >= 0.3 is 0 Å². The summed E-state index contributed by atoms with van der Waals surface area (Å²) in [6, 6.07) is 5.09. The molecular weight excluding hydrogens is 234 g/mol. The molecular formula is C10H12ClNO2S. The Morgan fingerprint density at radius 3 is 2.80 bits per heavy atom. The van der Waals surface area contributed by atoms with Gasteiger partial charge < -0.3 is 5.73 Å². The first-order chi connectivity index (χ1) is 7.00. The van der Waals surface area contributed by atoms with E-state index in [0.717, 1.165) is 17.5 Å². The van der Waals surface area contributed by atoms with Gasteiger partial charge in [0.15, 0.2) is 9.84 Å². The van der Waals surface area contributed by atoms with E-state index in [9.17, 15) is 8.42 Å². The lowest BCUT2D eigenvalue weighted by Crippen LogP contribution is -2.16. The molecule has 0 bridgehead atoms. The van der Waals surface area contributed by atoms with E-state index in [4.69, 9.17) is 17.3 Å². The molecule has 3 nitrogen and oxygen atoms in total. The highest BCUT2D eigenvalue weighted by molar-refractivity contribution is 7.91. The number of fused-ring (bicyclic) bond motifs is 1. The van der Waals surface area contributed by atoms with Gasteiger partial charge in [0.25, 0.3) is 0 Å². The lowest BCUT2D eigenvalue weighted by atomic mass is 10.1. The Morgan fingerprint density at radius 1 is 1.40 bits per heavy atom. The van der Waals surface area contributed by atoms with E-state index in [1.165, 1.54) is 0 Å². The van der Waals surface area contributed by atoms with E-state index < -0.39 is 15.3 Å². The predicted octanol–water partition coefficient (Wildman–Crippen LogP) is 1.60. The zero-order valence-corrected chi connectivity index (χ0v) is 9.68. The summed E-state index contributed by atoms with van der Waals surface area (Å²) in [6.45, 7) is 0. The van der Waals surface area contributed by atoms with Crippen LogP contribution in [0.5, 0.6) is 0 Å². The van der Waals surface area contributed by atoms with E-state index in [-0.39, 0.29) is 5.75 Å². The van der Waals surface area contributed by atoms with Crippen LogP contribution in [-0.4, -0.2) is 14.2 Å². The molecule has 15 heavy (non-hydrogen) atoms. The first-order valence-corrected chi connectivity index (χ1v) is 6.85. The monoisotopic (exact) mass is 245 g/mol. The largest absolute Gasteiger partial charge is 0.312 e. The topological polar surface area (TPSA) is 60.2 Å². The van der Waals surface area contributed by atoms with Crippen molar-refractivity contribution in [3.05, 3.63) is 29.3 Å².